The second-order valence-corrected chi connectivity index (χ2v) is 15.7. The van der Waals surface area contributed by atoms with Gasteiger partial charge in [-0.1, -0.05) is 19.8 Å². The van der Waals surface area contributed by atoms with Gasteiger partial charge in [0.2, 0.25) is 41.4 Å². The summed E-state index contributed by atoms with van der Waals surface area (Å²) in [5.74, 6) is -6.60. The highest BCUT2D eigenvalue weighted by Gasteiger charge is 2.25. The van der Waals surface area contributed by atoms with Gasteiger partial charge in [-0.05, 0) is 6.42 Å². The fraction of sp³-hybridized carbons (Fsp3) is 0.744. The molecule has 1 aliphatic rings. The number of carboxylic acid groups (broad SMARTS) is 3. The summed E-state index contributed by atoms with van der Waals surface area (Å²) in [5, 5.41) is 33.6. The maximum atomic E-state index is 13.0. The molecular formula is C39H69N11O13. The minimum atomic E-state index is -1.07. The number of unbranched alkanes of at least 4 members (excludes halogenated alkanes) is 2. The summed E-state index contributed by atoms with van der Waals surface area (Å²) < 4.78 is 0. The van der Waals surface area contributed by atoms with E-state index in [9.17, 15) is 63.3 Å². The fourth-order valence-corrected chi connectivity index (χ4v) is 6.15. The van der Waals surface area contributed by atoms with Crippen LogP contribution in [0.5, 0.6) is 0 Å². The summed E-state index contributed by atoms with van der Waals surface area (Å²) in [5.41, 5.74) is 0. The van der Waals surface area contributed by atoms with E-state index in [-0.39, 0.29) is 124 Å². The molecule has 0 aromatic rings. The first-order chi connectivity index (χ1) is 29.6. The van der Waals surface area contributed by atoms with Crippen LogP contribution in [0, 0.1) is 0 Å². The summed E-state index contributed by atoms with van der Waals surface area (Å²) in [6, 6.07) is 0. The van der Waals surface area contributed by atoms with E-state index in [0.717, 1.165) is 38.9 Å². The normalized spacial score (nSPS) is 14.6. The van der Waals surface area contributed by atoms with E-state index in [1.165, 1.54) is 40.1 Å². The third kappa shape index (κ3) is 24.7. The van der Waals surface area contributed by atoms with Crippen LogP contribution < -0.4 is 10.6 Å². The van der Waals surface area contributed by atoms with E-state index >= 15 is 0 Å². The summed E-state index contributed by atoms with van der Waals surface area (Å²) >= 11 is 0. The second-order valence-electron chi connectivity index (χ2n) is 15.7. The van der Waals surface area contributed by atoms with Gasteiger partial charge in [0.1, 0.15) is 0 Å². The number of carbonyl (C=O) groups is 10. The summed E-state index contributed by atoms with van der Waals surface area (Å²) in [6.45, 7) is 1.65. The first kappa shape index (κ1) is 55.6. The van der Waals surface area contributed by atoms with E-state index in [1.807, 2.05) is 6.92 Å². The number of nitrogens with zero attached hydrogens (tertiary/aromatic N) is 9. The van der Waals surface area contributed by atoms with Crippen molar-refractivity contribution in [2.75, 3.05) is 160 Å². The molecule has 0 aromatic carbocycles. The van der Waals surface area contributed by atoms with Crippen molar-refractivity contribution in [2.24, 2.45) is 0 Å². The first-order valence-corrected chi connectivity index (χ1v) is 20.9. The minimum absolute atomic E-state index is 0.0718. The lowest BCUT2D eigenvalue weighted by Gasteiger charge is -2.32. The van der Waals surface area contributed by atoms with Crippen molar-refractivity contribution in [2.45, 2.75) is 32.6 Å². The quantitative estimate of drug-likeness (QED) is 0.0541. The molecule has 63 heavy (non-hydrogen) atoms. The van der Waals surface area contributed by atoms with Crippen molar-refractivity contribution in [3.8, 4) is 0 Å². The third-order valence-electron chi connectivity index (χ3n) is 10.1. The van der Waals surface area contributed by atoms with E-state index in [0.29, 0.717) is 6.54 Å². The van der Waals surface area contributed by atoms with Gasteiger partial charge in [-0.2, -0.15) is 0 Å². The number of aliphatic carboxylic acids is 3. The van der Waals surface area contributed by atoms with Crippen LogP contribution in [-0.4, -0.2) is 278 Å². The Kier molecular flexibility index (Phi) is 26.3. The molecule has 1 heterocycles. The molecule has 1 aliphatic heterocycles. The van der Waals surface area contributed by atoms with Crippen LogP contribution in [0.2, 0.25) is 0 Å². The van der Waals surface area contributed by atoms with Crippen LogP contribution in [0.3, 0.4) is 0 Å². The van der Waals surface area contributed by atoms with Gasteiger partial charge in [0.15, 0.2) is 0 Å². The number of rotatable bonds is 25. The summed E-state index contributed by atoms with van der Waals surface area (Å²) in [7, 11) is 6.97. The van der Waals surface area contributed by atoms with Crippen LogP contribution in [0.25, 0.3) is 0 Å². The number of nitrogens with one attached hydrogen (secondary N) is 2. The fourth-order valence-electron chi connectivity index (χ4n) is 6.15. The van der Waals surface area contributed by atoms with Crippen molar-refractivity contribution >= 4 is 59.3 Å². The SMILES string of the molecule is CCCCCNC(=O)CN(C)C(=O)CN(C)C(=O)CN(C)C(=O)CN(C)C(=O)CN(C)C(=O)CCNC(=O)CN1CCN(CC(=O)O)CCN(CC(=O)O)CCN(CC(=O)O)CC1. The number of likely N-dealkylation sites (N-methyl/N-ethyl adjacent to an activating group) is 5. The van der Waals surface area contributed by atoms with Crippen molar-refractivity contribution in [3.05, 3.63) is 0 Å². The molecule has 1 rings (SSSR count). The molecule has 0 radical (unpaired) electrons. The maximum absolute atomic E-state index is 13.0. The van der Waals surface area contributed by atoms with Gasteiger partial charge in [-0.25, -0.2) is 0 Å². The van der Waals surface area contributed by atoms with Gasteiger partial charge in [0.05, 0.1) is 58.9 Å². The van der Waals surface area contributed by atoms with E-state index in [4.69, 9.17) is 0 Å². The standard InChI is InChI=1S/C39H69N11O13/c1-7-8-9-11-40-30(51)21-42(2)33(54)24-44(4)35(56)26-46(6)36(57)25-45(5)34(55)23-43(3)32(53)10-12-41-31(52)22-47-13-15-48(27-37(58)59)17-19-50(29-39(62)63)20-18-49(16-14-47)28-38(60)61/h7-29H2,1-6H3,(H,40,51)(H,41,52)(H,58,59)(H,60,61)(H,62,63). The first-order valence-electron chi connectivity index (χ1n) is 20.9. The Bertz CT molecular complexity index is 1540. The number of carboxylic acids is 3. The highest BCUT2D eigenvalue weighted by atomic mass is 16.4. The van der Waals surface area contributed by atoms with Crippen LogP contribution >= 0.6 is 0 Å². The average molecular weight is 900 g/mol. The second kappa shape index (κ2) is 29.8. The largest absolute Gasteiger partial charge is 0.480 e. The molecule has 0 aliphatic carbocycles. The minimum Gasteiger partial charge on any atom is -0.480 e. The average Bonchev–Trinajstić information content (AvgIpc) is 3.19. The van der Waals surface area contributed by atoms with E-state index in [2.05, 4.69) is 10.6 Å². The Morgan fingerprint density at radius 2 is 0.714 bits per heavy atom. The molecule has 0 saturated carbocycles. The molecule has 358 valence electrons. The van der Waals surface area contributed by atoms with Gasteiger partial charge in [0, 0.05) is 107 Å². The van der Waals surface area contributed by atoms with E-state index in [1.54, 1.807) is 19.6 Å². The number of carbonyl (C=O) groups excluding carboxylic acids is 7. The van der Waals surface area contributed by atoms with Gasteiger partial charge < -0.3 is 50.5 Å². The lowest BCUT2D eigenvalue weighted by molar-refractivity contribution is -0.145. The molecule has 0 bridgehead atoms. The summed E-state index contributed by atoms with van der Waals surface area (Å²) in [4.78, 5) is 136. The Hall–Kier alpha value is -5.46. The topological polar surface area (TPSA) is 285 Å². The maximum Gasteiger partial charge on any atom is 0.317 e. The Morgan fingerprint density at radius 3 is 1.05 bits per heavy atom. The lowest BCUT2D eigenvalue weighted by atomic mass is 10.2. The number of amides is 7. The lowest BCUT2D eigenvalue weighted by Crippen LogP contribution is -2.50. The molecule has 5 N–H and O–H groups in total. The van der Waals surface area contributed by atoms with Gasteiger partial charge in [0.25, 0.3) is 0 Å². The molecule has 7 amide bonds. The highest BCUT2D eigenvalue weighted by molar-refractivity contribution is 5.92. The molecule has 0 unspecified atom stereocenters. The predicted octanol–water partition coefficient (Wildman–Crippen LogP) is -4.43. The van der Waals surface area contributed by atoms with Crippen LogP contribution in [0.4, 0.5) is 0 Å². The van der Waals surface area contributed by atoms with Crippen LogP contribution in [-0.2, 0) is 47.9 Å². The van der Waals surface area contributed by atoms with Gasteiger partial charge >= 0.3 is 17.9 Å². The number of hydrogen-bond acceptors (Lipinski definition) is 14. The molecule has 1 saturated heterocycles. The summed E-state index contributed by atoms with van der Waals surface area (Å²) in [6.07, 6.45) is 2.66. The van der Waals surface area contributed by atoms with Crippen molar-refractivity contribution in [1.29, 1.82) is 0 Å². The van der Waals surface area contributed by atoms with Crippen molar-refractivity contribution in [1.82, 2.24) is 54.7 Å². The zero-order valence-electron chi connectivity index (χ0n) is 37.7. The zero-order chi connectivity index (χ0) is 47.6. The van der Waals surface area contributed by atoms with E-state index < -0.39 is 59.9 Å². The monoisotopic (exact) mass is 900 g/mol. The third-order valence-corrected chi connectivity index (χ3v) is 10.1. The molecule has 1 fully saturated rings. The Balaban J connectivity index is 2.63. The molecular weight excluding hydrogens is 830 g/mol. The van der Waals surface area contributed by atoms with Gasteiger partial charge in [-0.15, -0.1) is 0 Å². The smallest absolute Gasteiger partial charge is 0.317 e. The zero-order valence-corrected chi connectivity index (χ0v) is 37.7. The van der Waals surface area contributed by atoms with Gasteiger partial charge in [-0.3, -0.25) is 67.5 Å². The molecule has 24 heteroatoms. The highest BCUT2D eigenvalue weighted by Crippen LogP contribution is 2.03. The Morgan fingerprint density at radius 1 is 0.413 bits per heavy atom. The van der Waals surface area contributed by atoms with Crippen LogP contribution in [0.1, 0.15) is 32.6 Å². The Labute approximate surface area is 369 Å². The van der Waals surface area contributed by atoms with Crippen LogP contribution in [0.15, 0.2) is 0 Å². The van der Waals surface area contributed by atoms with Crippen molar-refractivity contribution < 1.29 is 63.3 Å². The molecule has 0 aromatic heterocycles. The molecule has 24 nitrogen and oxygen atoms in total. The van der Waals surface area contributed by atoms with Crippen molar-refractivity contribution in [3.63, 3.8) is 0 Å². The predicted molar refractivity (Wildman–Crippen MR) is 227 cm³/mol. The molecule has 0 spiro atoms. The number of hydrogen-bond donors (Lipinski definition) is 5. The molecule has 0 atom stereocenters.